The lowest BCUT2D eigenvalue weighted by Crippen LogP contribution is -1.86. The molecule has 0 fully saturated rings. The molecule has 1 aromatic carbocycles. The standard InChI is InChI=1S/C14H13/c1-3-5-8-13-10-7-11-14(12-13)9-6-4-2/h10-12H,8-9H2,1-2H3. The van der Waals surface area contributed by atoms with Crippen molar-refractivity contribution in [2.24, 2.45) is 0 Å². The molecule has 0 aliphatic carbocycles. The number of benzene rings is 1. The van der Waals surface area contributed by atoms with Crippen LogP contribution in [0.3, 0.4) is 0 Å². The summed E-state index contributed by atoms with van der Waals surface area (Å²) in [4.78, 5) is 0. The van der Waals surface area contributed by atoms with Gasteiger partial charge in [-0.15, -0.1) is 11.8 Å². The maximum atomic E-state index is 3.11. The minimum absolute atomic E-state index is 0.806. The third-order valence-electron chi connectivity index (χ3n) is 1.85. The van der Waals surface area contributed by atoms with E-state index in [4.69, 9.17) is 0 Å². The van der Waals surface area contributed by atoms with Crippen molar-refractivity contribution in [3.63, 3.8) is 0 Å². The van der Waals surface area contributed by atoms with Gasteiger partial charge in [-0.3, -0.25) is 0 Å². The van der Waals surface area contributed by atoms with Gasteiger partial charge in [0.2, 0.25) is 0 Å². The second-order valence-electron chi connectivity index (χ2n) is 2.96. The van der Waals surface area contributed by atoms with E-state index < -0.39 is 0 Å². The summed E-state index contributed by atoms with van der Waals surface area (Å²) < 4.78 is 0. The van der Waals surface area contributed by atoms with Gasteiger partial charge in [0.05, 0.1) is 0 Å². The molecular weight excluding hydrogens is 168 g/mol. The molecule has 69 valence electrons. The van der Waals surface area contributed by atoms with Gasteiger partial charge in [0.25, 0.3) is 0 Å². The van der Waals surface area contributed by atoms with Crippen molar-refractivity contribution in [2.75, 3.05) is 0 Å². The summed E-state index contributed by atoms with van der Waals surface area (Å²) in [5, 5.41) is 0. The van der Waals surface area contributed by atoms with Crippen LogP contribution in [0, 0.1) is 29.7 Å². The van der Waals surface area contributed by atoms with Crippen LogP contribution in [0.25, 0.3) is 0 Å². The summed E-state index contributed by atoms with van der Waals surface area (Å²) in [6, 6.07) is 9.21. The predicted molar refractivity (Wildman–Crippen MR) is 59.6 cm³/mol. The van der Waals surface area contributed by atoms with E-state index in [1.54, 1.807) is 0 Å². The molecule has 0 spiro atoms. The second kappa shape index (κ2) is 5.90. The van der Waals surface area contributed by atoms with Crippen LogP contribution in [0.5, 0.6) is 0 Å². The molecule has 14 heavy (non-hydrogen) atoms. The molecule has 0 nitrogen and oxygen atoms in total. The first kappa shape index (κ1) is 10.4. The molecule has 0 bridgehead atoms. The first-order valence-corrected chi connectivity index (χ1v) is 4.65. The van der Waals surface area contributed by atoms with Crippen LogP contribution in [0.2, 0.25) is 0 Å². The predicted octanol–water partition coefficient (Wildman–Crippen LogP) is 2.62. The zero-order valence-corrected chi connectivity index (χ0v) is 8.65. The van der Waals surface area contributed by atoms with Crippen molar-refractivity contribution in [2.45, 2.75) is 26.7 Å². The quantitative estimate of drug-likeness (QED) is 0.615. The summed E-state index contributed by atoms with van der Waals surface area (Å²) >= 11 is 0. The average Bonchev–Trinajstić information content (AvgIpc) is 2.24. The third-order valence-corrected chi connectivity index (χ3v) is 1.85. The largest absolute Gasteiger partial charge is 0.106 e. The summed E-state index contributed by atoms with van der Waals surface area (Å²) in [7, 11) is 0. The van der Waals surface area contributed by atoms with E-state index in [2.05, 4.69) is 35.8 Å². The van der Waals surface area contributed by atoms with E-state index in [0.717, 1.165) is 12.8 Å². The highest BCUT2D eigenvalue weighted by atomic mass is 14.0. The SMILES string of the molecule is CC#CCc1c[c]cc(CC#CC)c1. The summed E-state index contributed by atoms with van der Waals surface area (Å²) in [6.07, 6.45) is 1.61. The van der Waals surface area contributed by atoms with Crippen LogP contribution >= 0.6 is 0 Å². The Bertz CT molecular complexity index is 368. The Morgan fingerprint density at radius 2 is 1.50 bits per heavy atom. The van der Waals surface area contributed by atoms with Gasteiger partial charge in [-0.1, -0.05) is 30.0 Å². The molecule has 0 aromatic heterocycles. The Morgan fingerprint density at radius 1 is 1.00 bits per heavy atom. The molecule has 0 heteroatoms. The monoisotopic (exact) mass is 181 g/mol. The van der Waals surface area contributed by atoms with E-state index >= 15 is 0 Å². The van der Waals surface area contributed by atoms with Crippen molar-refractivity contribution in [3.8, 4) is 23.7 Å². The van der Waals surface area contributed by atoms with Crippen molar-refractivity contribution >= 4 is 0 Å². The van der Waals surface area contributed by atoms with E-state index in [1.165, 1.54) is 11.1 Å². The van der Waals surface area contributed by atoms with E-state index in [-0.39, 0.29) is 0 Å². The molecular formula is C14H13. The van der Waals surface area contributed by atoms with Gasteiger partial charge in [0, 0.05) is 12.8 Å². The highest BCUT2D eigenvalue weighted by Gasteiger charge is 1.92. The molecule has 0 amide bonds. The Labute approximate surface area is 86.3 Å². The van der Waals surface area contributed by atoms with Gasteiger partial charge in [-0.2, -0.15) is 0 Å². The van der Waals surface area contributed by atoms with E-state index in [0.29, 0.717) is 0 Å². The summed E-state index contributed by atoms with van der Waals surface area (Å²) in [6.45, 7) is 3.71. The molecule has 0 saturated heterocycles. The number of hydrogen-bond acceptors (Lipinski definition) is 0. The smallest absolute Gasteiger partial charge is 0.0340 e. The lowest BCUT2D eigenvalue weighted by atomic mass is 10.1. The van der Waals surface area contributed by atoms with E-state index in [9.17, 15) is 0 Å². The molecule has 0 saturated carbocycles. The molecule has 1 rings (SSSR count). The lowest BCUT2D eigenvalue weighted by molar-refractivity contribution is 1.24. The maximum absolute atomic E-state index is 3.11. The molecule has 0 aliphatic rings. The molecule has 0 N–H and O–H groups in total. The minimum atomic E-state index is 0.806. The van der Waals surface area contributed by atoms with Crippen molar-refractivity contribution < 1.29 is 0 Å². The third kappa shape index (κ3) is 3.38. The summed E-state index contributed by atoms with van der Waals surface area (Å²) in [5.74, 6) is 11.9. The normalized spacial score (nSPS) is 8.14. The van der Waals surface area contributed by atoms with Gasteiger partial charge in [-0.25, -0.2) is 0 Å². The fraction of sp³-hybridized carbons (Fsp3) is 0.286. The molecule has 0 aliphatic heterocycles. The van der Waals surface area contributed by atoms with Crippen molar-refractivity contribution in [3.05, 3.63) is 35.4 Å². The van der Waals surface area contributed by atoms with Crippen LogP contribution in [0.15, 0.2) is 18.2 Å². The van der Waals surface area contributed by atoms with E-state index in [1.807, 2.05) is 26.0 Å². The van der Waals surface area contributed by atoms with Gasteiger partial charge in [0.1, 0.15) is 0 Å². The highest BCUT2D eigenvalue weighted by Crippen LogP contribution is 2.05. The second-order valence-corrected chi connectivity index (χ2v) is 2.96. The molecule has 0 heterocycles. The van der Waals surface area contributed by atoms with Crippen LogP contribution in [-0.4, -0.2) is 0 Å². The van der Waals surface area contributed by atoms with Crippen LogP contribution in [-0.2, 0) is 12.8 Å². The van der Waals surface area contributed by atoms with Gasteiger partial charge >= 0.3 is 0 Å². The zero-order chi connectivity index (χ0) is 10.2. The molecule has 0 atom stereocenters. The highest BCUT2D eigenvalue weighted by molar-refractivity contribution is 5.28. The Balaban J connectivity index is 2.74. The average molecular weight is 181 g/mol. The Morgan fingerprint density at radius 3 is 1.93 bits per heavy atom. The number of hydrogen-bond donors (Lipinski definition) is 0. The first-order chi connectivity index (χ1) is 6.86. The zero-order valence-electron chi connectivity index (χ0n) is 8.65. The van der Waals surface area contributed by atoms with Crippen LogP contribution < -0.4 is 0 Å². The van der Waals surface area contributed by atoms with Gasteiger partial charge in [0.15, 0.2) is 0 Å². The van der Waals surface area contributed by atoms with Gasteiger partial charge in [-0.05, 0) is 31.0 Å². The minimum Gasteiger partial charge on any atom is -0.106 e. The first-order valence-electron chi connectivity index (χ1n) is 4.65. The Hall–Kier alpha value is -1.66. The summed E-state index contributed by atoms with van der Waals surface area (Å²) in [5.41, 5.74) is 2.43. The maximum Gasteiger partial charge on any atom is 0.0340 e. The molecule has 1 radical (unpaired) electrons. The number of rotatable bonds is 2. The van der Waals surface area contributed by atoms with Crippen molar-refractivity contribution in [1.29, 1.82) is 0 Å². The fourth-order valence-electron chi connectivity index (χ4n) is 1.16. The molecule has 1 aromatic rings. The lowest BCUT2D eigenvalue weighted by Gasteiger charge is -1.98. The topological polar surface area (TPSA) is 0 Å². The van der Waals surface area contributed by atoms with Crippen LogP contribution in [0.4, 0.5) is 0 Å². The molecule has 0 unspecified atom stereocenters. The van der Waals surface area contributed by atoms with Crippen molar-refractivity contribution in [1.82, 2.24) is 0 Å². The fourth-order valence-corrected chi connectivity index (χ4v) is 1.16. The van der Waals surface area contributed by atoms with Gasteiger partial charge < -0.3 is 0 Å². The Kier molecular flexibility index (Phi) is 4.39. The van der Waals surface area contributed by atoms with Crippen LogP contribution in [0.1, 0.15) is 25.0 Å².